The molecule has 204 valence electrons. The summed E-state index contributed by atoms with van der Waals surface area (Å²) < 4.78 is 30.4. The van der Waals surface area contributed by atoms with E-state index >= 15 is 0 Å². The monoisotopic (exact) mass is 580 g/mol. The minimum atomic E-state index is -3.58. The second-order valence-corrected chi connectivity index (χ2v) is 13.4. The first-order valence-electron chi connectivity index (χ1n) is 13.4. The predicted molar refractivity (Wildman–Crippen MR) is 161 cm³/mol. The molecule has 2 aliphatic heterocycles. The first-order chi connectivity index (χ1) is 18.9. The van der Waals surface area contributed by atoms with E-state index in [9.17, 15) is 13.2 Å². The van der Waals surface area contributed by atoms with Crippen molar-refractivity contribution in [2.45, 2.75) is 50.3 Å². The van der Waals surface area contributed by atoms with Crippen LogP contribution in [0.5, 0.6) is 0 Å². The summed E-state index contributed by atoms with van der Waals surface area (Å²) in [5.74, 6) is -0.0923. The van der Waals surface area contributed by atoms with E-state index in [0.29, 0.717) is 40.1 Å². The number of unbranched alkanes of at least 4 members (excludes halogenated alkanes) is 3. The number of rotatable bonds is 10. The maximum absolute atomic E-state index is 13.3. The van der Waals surface area contributed by atoms with Gasteiger partial charge in [-0.1, -0.05) is 80.5 Å². The van der Waals surface area contributed by atoms with E-state index in [1.165, 1.54) is 11.8 Å². The van der Waals surface area contributed by atoms with Crippen molar-refractivity contribution >= 4 is 50.3 Å². The quantitative estimate of drug-likeness (QED) is 0.164. The Morgan fingerprint density at radius 1 is 1.03 bits per heavy atom. The van der Waals surface area contributed by atoms with Crippen molar-refractivity contribution in [2.24, 2.45) is 0 Å². The lowest BCUT2D eigenvalue weighted by molar-refractivity contribution is -0.122. The minimum absolute atomic E-state index is 0.0923. The fourth-order valence-electron chi connectivity index (χ4n) is 4.84. The molecule has 3 aromatic rings. The van der Waals surface area contributed by atoms with Crippen LogP contribution in [0.15, 0.2) is 70.6 Å². The number of thioether (sulfide) groups is 1. The van der Waals surface area contributed by atoms with Gasteiger partial charge in [0.1, 0.15) is 10.0 Å². The van der Waals surface area contributed by atoms with Gasteiger partial charge < -0.3 is 0 Å². The van der Waals surface area contributed by atoms with Gasteiger partial charge in [-0.15, -0.1) is 0 Å². The molecule has 0 unspecified atom stereocenters. The van der Waals surface area contributed by atoms with Gasteiger partial charge in [0.15, 0.2) is 0 Å². The Bertz CT molecular complexity index is 1490. The van der Waals surface area contributed by atoms with Crippen molar-refractivity contribution in [3.63, 3.8) is 0 Å². The van der Waals surface area contributed by atoms with Crippen LogP contribution in [-0.4, -0.2) is 57.3 Å². The van der Waals surface area contributed by atoms with E-state index < -0.39 is 10.0 Å². The fraction of sp³-hybridized carbons (Fsp3) is 0.345. The van der Waals surface area contributed by atoms with Gasteiger partial charge in [-0.25, -0.2) is 13.1 Å². The second kappa shape index (κ2) is 12.2. The summed E-state index contributed by atoms with van der Waals surface area (Å²) in [6.45, 7) is 3.86. The zero-order valence-electron chi connectivity index (χ0n) is 22.0. The molecule has 0 aliphatic carbocycles. The summed E-state index contributed by atoms with van der Waals surface area (Å²) in [6, 6.07) is 16.6. The van der Waals surface area contributed by atoms with E-state index in [1.807, 2.05) is 48.7 Å². The molecule has 2 aromatic carbocycles. The molecule has 0 atom stereocenters. The van der Waals surface area contributed by atoms with Crippen LogP contribution >= 0.6 is 24.0 Å². The van der Waals surface area contributed by atoms with Crippen molar-refractivity contribution in [3.8, 4) is 16.9 Å². The molecule has 39 heavy (non-hydrogen) atoms. The van der Waals surface area contributed by atoms with Crippen LogP contribution in [0.2, 0.25) is 0 Å². The molecule has 3 heterocycles. The molecule has 10 heteroatoms. The van der Waals surface area contributed by atoms with Crippen LogP contribution in [0, 0.1) is 0 Å². The standard InChI is InChI=1S/C29H32N4O3S3/c1-2-3-4-8-18-32-28(34)26(38-29(32)37)20-23-21-33(24-13-6-5-7-14-24)30-27(23)22-12-11-15-25(19-22)39(35,36)31-16-9-10-17-31/h5-7,11-15,19-21H,2-4,8-10,16-18H2,1H3. The number of hydrogen-bond donors (Lipinski definition) is 0. The van der Waals surface area contributed by atoms with Crippen LogP contribution < -0.4 is 0 Å². The molecule has 2 aliphatic rings. The maximum atomic E-state index is 13.3. The molecule has 2 saturated heterocycles. The molecule has 1 amide bonds. The molecule has 0 saturated carbocycles. The third-order valence-electron chi connectivity index (χ3n) is 6.97. The first kappa shape index (κ1) is 27.8. The highest BCUT2D eigenvalue weighted by molar-refractivity contribution is 8.26. The highest BCUT2D eigenvalue weighted by Gasteiger charge is 2.32. The number of benzene rings is 2. The van der Waals surface area contributed by atoms with Crippen molar-refractivity contribution in [2.75, 3.05) is 19.6 Å². The van der Waals surface area contributed by atoms with Gasteiger partial charge in [0, 0.05) is 37.0 Å². The summed E-state index contributed by atoms with van der Waals surface area (Å²) in [5.41, 5.74) is 2.86. The summed E-state index contributed by atoms with van der Waals surface area (Å²) in [5, 5.41) is 4.84. The third kappa shape index (κ3) is 6.04. The SMILES string of the molecule is CCCCCCN1C(=O)C(=Cc2cn(-c3ccccc3)nc2-c2cccc(S(=O)(=O)N3CCCC3)c2)SC1=S. The van der Waals surface area contributed by atoms with Gasteiger partial charge in [0.2, 0.25) is 10.0 Å². The largest absolute Gasteiger partial charge is 0.293 e. The normalized spacial score (nSPS) is 17.6. The fourth-order valence-corrected chi connectivity index (χ4v) is 7.71. The Labute approximate surface area is 239 Å². The molecule has 0 radical (unpaired) electrons. The molecule has 2 fully saturated rings. The molecular weight excluding hydrogens is 549 g/mol. The lowest BCUT2D eigenvalue weighted by Gasteiger charge is -2.16. The van der Waals surface area contributed by atoms with Gasteiger partial charge in [0.25, 0.3) is 5.91 Å². The van der Waals surface area contributed by atoms with Crippen molar-refractivity contribution in [1.29, 1.82) is 0 Å². The Morgan fingerprint density at radius 2 is 1.79 bits per heavy atom. The number of carbonyl (C=O) groups excluding carboxylic acids is 1. The number of thiocarbonyl (C=S) groups is 1. The summed E-state index contributed by atoms with van der Waals surface area (Å²) >= 11 is 6.85. The Kier molecular flexibility index (Phi) is 8.66. The highest BCUT2D eigenvalue weighted by atomic mass is 32.2. The van der Waals surface area contributed by atoms with Gasteiger partial charge in [-0.05, 0) is 49.6 Å². The van der Waals surface area contributed by atoms with Gasteiger partial charge >= 0.3 is 0 Å². The molecule has 0 N–H and O–H groups in total. The van der Waals surface area contributed by atoms with Crippen molar-refractivity contribution in [1.82, 2.24) is 19.0 Å². The highest BCUT2D eigenvalue weighted by Crippen LogP contribution is 2.35. The maximum Gasteiger partial charge on any atom is 0.266 e. The average Bonchev–Trinajstić information content (AvgIpc) is 3.69. The summed E-state index contributed by atoms with van der Waals surface area (Å²) in [7, 11) is -3.58. The Hall–Kier alpha value is -2.79. The Balaban J connectivity index is 1.52. The molecule has 0 bridgehead atoms. The molecule has 0 spiro atoms. The smallest absolute Gasteiger partial charge is 0.266 e. The molecular formula is C29H32N4O3S3. The summed E-state index contributed by atoms with van der Waals surface area (Å²) in [6.07, 6.45) is 9.71. The van der Waals surface area contributed by atoms with E-state index in [1.54, 1.807) is 32.1 Å². The van der Waals surface area contributed by atoms with E-state index in [2.05, 4.69) is 6.92 Å². The van der Waals surface area contributed by atoms with E-state index in [4.69, 9.17) is 17.3 Å². The Morgan fingerprint density at radius 3 is 2.54 bits per heavy atom. The average molecular weight is 581 g/mol. The van der Waals surface area contributed by atoms with Crippen LogP contribution in [0.3, 0.4) is 0 Å². The number of aromatic nitrogens is 2. The number of nitrogens with zero attached hydrogens (tertiary/aromatic N) is 4. The second-order valence-electron chi connectivity index (χ2n) is 9.75. The van der Waals surface area contributed by atoms with Crippen molar-refractivity contribution < 1.29 is 13.2 Å². The van der Waals surface area contributed by atoms with E-state index in [0.717, 1.165) is 49.8 Å². The van der Waals surface area contributed by atoms with Crippen LogP contribution in [0.25, 0.3) is 23.0 Å². The lowest BCUT2D eigenvalue weighted by Crippen LogP contribution is -2.29. The number of amides is 1. The van der Waals surface area contributed by atoms with Crippen molar-refractivity contribution in [3.05, 3.63) is 71.3 Å². The van der Waals surface area contributed by atoms with Gasteiger partial charge in [-0.2, -0.15) is 9.40 Å². The van der Waals surface area contributed by atoms with Gasteiger partial charge in [0.05, 0.1) is 15.5 Å². The van der Waals surface area contributed by atoms with Gasteiger partial charge in [-0.3, -0.25) is 9.69 Å². The molecule has 7 nitrogen and oxygen atoms in total. The third-order valence-corrected chi connectivity index (χ3v) is 10.2. The minimum Gasteiger partial charge on any atom is -0.293 e. The number of sulfonamides is 1. The van der Waals surface area contributed by atoms with Crippen LogP contribution in [0.4, 0.5) is 0 Å². The molecule has 5 rings (SSSR count). The van der Waals surface area contributed by atoms with Crippen LogP contribution in [-0.2, 0) is 14.8 Å². The van der Waals surface area contributed by atoms with Crippen LogP contribution in [0.1, 0.15) is 51.0 Å². The zero-order valence-corrected chi connectivity index (χ0v) is 24.4. The molecule has 1 aromatic heterocycles. The number of para-hydroxylation sites is 1. The zero-order chi connectivity index (χ0) is 27.4. The number of hydrogen-bond acceptors (Lipinski definition) is 6. The number of carbonyl (C=O) groups is 1. The first-order valence-corrected chi connectivity index (χ1v) is 16.1. The summed E-state index contributed by atoms with van der Waals surface area (Å²) in [4.78, 5) is 15.8. The predicted octanol–water partition coefficient (Wildman–Crippen LogP) is 6.11. The lowest BCUT2D eigenvalue weighted by atomic mass is 10.1. The van der Waals surface area contributed by atoms with E-state index in [-0.39, 0.29) is 10.8 Å². The topological polar surface area (TPSA) is 75.5 Å².